The quantitative estimate of drug-likeness (QED) is 0.726. The lowest BCUT2D eigenvalue weighted by molar-refractivity contribution is -0.121. The molecule has 0 aromatic heterocycles. The van der Waals surface area contributed by atoms with Gasteiger partial charge in [0, 0.05) is 13.0 Å². The molecule has 0 radical (unpaired) electrons. The molecule has 2 rings (SSSR count). The highest BCUT2D eigenvalue weighted by atomic mass is 35.5. The van der Waals surface area contributed by atoms with Gasteiger partial charge in [-0.15, -0.1) is 12.4 Å². The van der Waals surface area contributed by atoms with Crippen molar-refractivity contribution in [2.75, 3.05) is 13.6 Å². The maximum absolute atomic E-state index is 11.6. The summed E-state index contributed by atoms with van der Waals surface area (Å²) in [6.45, 7) is 1.41. The fraction of sp³-hybridized carbons (Fsp3) is 0.278. The number of benzene rings is 2. The van der Waals surface area contributed by atoms with Gasteiger partial charge in [-0.1, -0.05) is 30.3 Å². The number of para-hydroxylation sites is 1. The number of hydrogen-bond donors (Lipinski definition) is 2. The molecule has 0 saturated heterocycles. The van der Waals surface area contributed by atoms with Crippen LogP contribution < -0.4 is 15.4 Å². The summed E-state index contributed by atoms with van der Waals surface area (Å²) in [7, 11) is 1.89. The van der Waals surface area contributed by atoms with Crippen LogP contribution in [-0.2, 0) is 11.3 Å². The Balaban J connectivity index is 0.00000264. The molecule has 124 valence electrons. The van der Waals surface area contributed by atoms with Crippen LogP contribution in [0.25, 0.3) is 0 Å². The van der Waals surface area contributed by atoms with Crippen LogP contribution in [0.4, 0.5) is 0 Å². The van der Waals surface area contributed by atoms with E-state index in [9.17, 15) is 4.79 Å². The van der Waals surface area contributed by atoms with Crippen molar-refractivity contribution in [3.8, 4) is 11.5 Å². The van der Waals surface area contributed by atoms with E-state index in [1.807, 2.05) is 61.6 Å². The van der Waals surface area contributed by atoms with Crippen LogP contribution in [0.3, 0.4) is 0 Å². The molecule has 0 saturated carbocycles. The van der Waals surface area contributed by atoms with Crippen LogP contribution in [0.1, 0.15) is 18.4 Å². The highest BCUT2D eigenvalue weighted by Crippen LogP contribution is 2.20. The minimum atomic E-state index is 0. The number of hydrogen-bond acceptors (Lipinski definition) is 3. The Labute approximate surface area is 143 Å². The van der Waals surface area contributed by atoms with Gasteiger partial charge in [0.1, 0.15) is 11.5 Å². The van der Waals surface area contributed by atoms with Gasteiger partial charge in [-0.3, -0.25) is 4.79 Å². The van der Waals surface area contributed by atoms with E-state index in [1.165, 1.54) is 0 Å². The monoisotopic (exact) mass is 334 g/mol. The van der Waals surface area contributed by atoms with Gasteiger partial charge >= 0.3 is 0 Å². The molecule has 0 aliphatic heterocycles. The first-order valence-corrected chi connectivity index (χ1v) is 7.51. The van der Waals surface area contributed by atoms with Crippen molar-refractivity contribution in [1.29, 1.82) is 0 Å². The van der Waals surface area contributed by atoms with E-state index in [-0.39, 0.29) is 18.3 Å². The van der Waals surface area contributed by atoms with Crippen LogP contribution in [0, 0.1) is 0 Å². The molecule has 2 N–H and O–H groups in total. The Morgan fingerprint density at radius 1 is 1.00 bits per heavy atom. The highest BCUT2D eigenvalue weighted by molar-refractivity contribution is 5.85. The summed E-state index contributed by atoms with van der Waals surface area (Å²) in [6.07, 6.45) is 1.40. The molecular weight excluding hydrogens is 312 g/mol. The van der Waals surface area contributed by atoms with Crippen LogP contribution in [-0.4, -0.2) is 19.5 Å². The molecule has 0 aliphatic carbocycles. The van der Waals surface area contributed by atoms with E-state index in [0.717, 1.165) is 30.0 Å². The average Bonchev–Trinajstić information content (AvgIpc) is 2.55. The number of amides is 1. The van der Waals surface area contributed by atoms with Crippen LogP contribution in [0.5, 0.6) is 11.5 Å². The van der Waals surface area contributed by atoms with Crippen LogP contribution in [0.15, 0.2) is 54.6 Å². The Bertz CT molecular complexity index is 573. The molecule has 0 fully saturated rings. The topological polar surface area (TPSA) is 50.4 Å². The maximum atomic E-state index is 11.6. The lowest BCUT2D eigenvalue weighted by Gasteiger charge is -2.08. The molecule has 2 aromatic carbocycles. The Morgan fingerprint density at radius 2 is 1.65 bits per heavy atom. The molecule has 0 spiro atoms. The molecule has 5 heteroatoms. The van der Waals surface area contributed by atoms with Crippen LogP contribution in [0.2, 0.25) is 0 Å². The van der Waals surface area contributed by atoms with Crippen molar-refractivity contribution in [1.82, 2.24) is 10.6 Å². The Hall–Kier alpha value is -2.04. The largest absolute Gasteiger partial charge is 0.457 e. The van der Waals surface area contributed by atoms with Gasteiger partial charge in [-0.05, 0) is 49.8 Å². The average molecular weight is 335 g/mol. The first-order valence-electron chi connectivity index (χ1n) is 7.51. The second kappa shape index (κ2) is 10.6. The summed E-state index contributed by atoms with van der Waals surface area (Å²) in [5, 5.41) is 5.95. The summed E-state index contributed by atoms with van der Waals surface area (Å²) >= 11 is 0. The third kappa shape index (κ3) is 7.17. The molecule has 4 nitrogen and oxygen atoms in total. The number of rotatable bonds is 8. The second-order valence-electron chi connectivity index (χ2n) is 5.04. The van der Waals surface area contributed by atoms with Gasteiger partial charge in [-0.25, -0.2) is 0 Å². The molecule has 0 unspecified atom stereocenters. The van der Waals surface area contributed by atoms with Gasteiger partial charge in [0.25, 0.3) is 0 Å². The number of halogens is 1. The summed E-state index contributed by atoms with van der Waals surface area (Å²) < 4.78 is 5.73. The van der Waals surface area contributed by atoms with Gasteiger partial charge in [0.15, 0.2) is 0 Å². The lowest BCUT2D eigenvalue weighted by Crippen LogP contribution is -2.23. The third-order valence-electron chi connectivity index (χ3n) is 3.22. The second-order valence-corrected chi connectivity index (χ2v) is 5.04. The van der Waals surface area contributed by atoms with E-state index in [4.69, 9.17) is 4.74 Å². The summed E-state index contributed by atoms with van der Waals surface area (Å²) in [5.41, 5.74) is 1.06. The predicted molar refractivity (Wildman–Crippen MR) is 95.2 cm³/mol. The van der Waals surface area contributed by atoms with Crippen molar-refractivity contribution in [2.45, 2.75) is 19.4 Å². The molecule has 0 aliphatic rings. The smallest absolute Gasteiger partial charge is 0.220 e. The summed E-state index contributed by atoms with van der Waals surface area (Å²) in [4.78, 5) is 11.6. The molecule has 0 atom stereocenters. The molecule has 1 amide bonds. The molecular formula is C18H23ClN2O2. The zero-order valence-electron chi connectivity index (χ0n) is 13.2. The SMILES string of the molecule is CNCCCC(=O)NCc1ccc(Oc2ccccc2)cc1.Cl. The van der Waals surface area contributed by atoms with E-state index < -0.39 is 0 Å². The highest BCUT2D eigenvalue weighted by Gasteiger charge is 2.02. The normalized spacial score (nSPS) is 9.78. The van der Waals surface area contributed by atoms with Gasteiger partial charge < -0.3 is 15.4 Å². The van der Waals surface area contributed by atoms with Crippen molar-refractivity contribution in [3.05, 3.63) is 60.2 Å². The number of carbonyl (C=O) groups is 1. The third-order valence-corrected chi connectivity index (χ3v) is 3.22. The van der Waals surface area contributed by atoms with E-state index in [0.29, 0.717) is 13.0 Å². The Morgan fingerprint density at radius 3 is 2.30 bits per heavy atom. The van der Waals surface area contributed by atoms with Gasteiger partial charge in [-0.2, -0.15) is 0 Å². The van der Waals surface area contributed by atoms with E-state index in [1.54, 1.807) is 0 Å². The molecule has 0 bridgehead atoms. The van der Waals surface area contributed by atoms with Gasteiger partial charge in [0.05, 0.1) is 0 Å². The van der Waals surface area contributed by atoms with Crippen molar-refractivity contribution < 1.29 is 9.53 Å². The zero-order valence-corrected chi connectivity index (χ0v) is 14.1. The Kier molecular flexibility index (Phi) is 8.80. The number of nitrogens with one attached hydrogen (secondary N) is 2. The first kappa shape index (κ1) is 19.0. The number of carbonyl (C=O) groups excluding carboxylic acids is 1. The van der Waals surface area contributed by atoms with E-state index >= 15 is 0 Å². The lowest BCUT2D eigenvalue weighted by atomic mass is 10.2. The number of ether oxygens (including phenoxy) is 1. The minimum absolute atomic E-state index is 0. The van der Waals surface area contributed by atoms with Crippen molar-refractivity contribution >= 4 is 18.3 Å². The van der Waals surface area contributed by atoms with Crippen LogP contribution >= 0.6 is 12.4 Å². The summed E-state index contributed by atoms with van der Waals surface area (Å²) in [5.74, 6) is 1.68. The fourth-order valence-electron chi connectivity index (χ4n) is 2.01. The first-order chi connectivity index (χ1) is 10.8. The predicted octanol–water partition coefficient (Wildman–Crippen LogP) is 3.52. The van der Waals surface area contributed by atoms with Gasteiger partial charge in [0.2, 0.25) is 5.91 Å². The zero-order chi connectivity index (χ0) is 15.6. The van der Waals surface area contributed by atoms with Crippen molar-refractivity contribution in [3.63, 3.8) is 0 Å². The van der Waals surface area contributed by atoms with Crippen molar-refractivity contribution in [2.24, 2.45) is 0 Å². The molecule has 2 aromatic rings. The maximum Gasteiger partial charge on any atom is 0.220 e. The minimum Gasteiger partial charge on any atom is -0.457 e. The standard InChI is InChI=1S/C18H22N2O2.ClH/c1-19-13-5-8-18(21)20-14-15-9-11-17(12-10-15)22-16-6-3-2-4-7-16;/h2-4,6-7,9-12,19H,5,8,13-14H2,1H3,(H,20,21);1H. The molecule has 0 heterocycles. The summed E-state index contributed by atoms with van der Waals surface area (Å²) in [6, 6.07) is 17.4. The van der Waals surface area contributed by atoms with E-state index in [2.05, 4.69) is 10.6 Å². The fourth-order valence-corrected chi connectivity index (χ4v) is 2.01. The molecule has 23 heavy (non-hydrogen) atoms.